The maximum absolute atomic E-state index is 3.96. The van der Waals surface area contributed by atoms with E-state index in [1.807, 2.05) is 0 Å². The quantitative estimate of drug-likeness (QED) is 0.152. The summed E-state index contributed by atoms with van der Waals surface area (Å²) in [6.07, 6.45) is 5.16. The summed E-state index contributed by atoms with van der Waals surface area (Å²) >= 11 is -3.96. The fourth-order valence-electron chi connectivity index (χ4n) is 9.91. The van der Waals surface area contributed by atoms with Gasteiger partial charge in [0.1, 0.15) is 0 Å². The molecular formula is C48H44Cl2SiZr. The molecule has 0 saturated carbocycles. The summed E-state index contributed by atoms with van der Waals surface area (Å²) in [5, 5.41) is 5.28. The maximum atomic E-state index is 2.77. The molecule has 0 fully saturated rings. The fourth-order valence-corrected chi connectivity index (χ4v) is 29.8. The van der Waals surface area contributed by atoms with Crippen LogP contribution in [0.1, 0.15) is 47.6 Å². The summed E-state index contributed by atoms with van der Waals surface area (Å²) in [7, 11) is 0. The average Bonchev–Trinajstić information content (AvgIpc) is 3.72. The molecule has 2 atom stereocenters. The van der Waals surface area contributed by atoms with Crippen molar-refractivity contribution in [1.82, 2.24) is 0 Å². The van der Waals surface area contributed by atoms with E-state index < -0.39 is 17.4 Å². The van der Waals surface area contributed by atoms with Crippen LogP contribution in [0.15, 0.2) is 151 Å². The number of halogens is 2. The van der Waals surface area contributed by atoms with Crippen LogP contribution in [0.3, 0.4) is 0 Å². The van der Waals surface area contributed by atoms with E-state index in [0.717, 1.165) is 0 Å². The summed E-state index contributed by atoms with van der Waals surface area (Å²) in [4.78, 5) is 0. The van der Waals surface area contributed by atoms with Crippen LogP contribution >= 0.6 is 24.8 Å². The molecule has 0 radical (unpaired) electrons. The Morgan fingerprint density at radius 3 is 1.73 bits per heavy atom. The molecule has 7 aromatic rings. The van der Waals surface area contributed by atoms with Gasteiger partial charge in [0.15, 0.2) is 0 Å². The Hall–Kier alpha value is -3.78. The minimum atomic E-state index is -3.96. The van der Waals surface area contributed by atoms with Crippen LogP contribution in [0.25, 0.3) is 61.5 Å². The first-order valence-corrected chi connectivity index (χ1v) is 31.6. The largest absolute Gasteiger partial charge is 0.147 e. The van der Waals surface area contributed by atoms with Gasteiger partial charge in [-0.1, -0.05) is 0 Å². The second-order valence-corrected chi connectivity index (χ2v) is 46.2. The minimum Gasteiger partial charge on any atom is -0.147 e. The van der Waals surface area contributed by atoms with E-state index >= 15 is 0 Å². The Bertz CT molecular complexity index is 2650. The van der Waals surface area contributed by atoms with Crippen molar-refractivity contribution in [3.63, 3.8) is 0 Å². The fraction of sp³-hybridized carbons (Fsp3) is 0.125. The van der Waals surface area contributed by atoms with Crippen LogP contribution in [-0.4, -0.2) is 6.88 Å². The molecule has 0 amide bonds. The summed E-state index contributed by atoms with van der Waals surface area (Å²) < 4.78 is 6.33. The van der Waals surface area contributed by atoms with Crippen LogP contribution in [-0.2, 0) is 17.4 Å². The van der Waals surface area contributed by atoms with E-state index in [1.54, 1.807) is 5.56 Å². The molecule has 0 saturated heterocycles. The minimum absolute atomic E-state index is 0. The molecule has 2 aliphatic rings. The van der Waals surface area contributed by atoms with Gasteiger partial charge < -0.3 is 0 Å². The number of aryl methyl sites for hydroxylation is 1. The third kappa shape index (κ3) is 5.66. The Labute approximate surface area is 323 Å². The van der Waals surface area contributed by atoms with E-state index in [2.05, 4.69) is 188 Å². The molecule has 0 bridgehead atoms. The predicted molar refractivity (Wildman–Crippen MR) is 232 cm³/mol. The molecule has 2 unspecified atom stereocenters. The Morgan fingerprint density at radius 2 is 1.04 bits per heavy atom. The third-order valence-corrected chi connectivity index (χ3v) is 29.4. The van der Waals surface area contributed by atoms with Crippen molar-refractivity contribution in [3.8, 4) is 22.3 Å². The summed E-state index contributed by atoms with van der Waals surface area (Å²) in [5.74, 6) is 0. The maximum Gasteiger partial charge on any atom is -0.147 e. The third-order valence-electron chi connectivity index (χ3n) is 11.8. The van der Waals surface area contributed by atoms with Crippen molar-refractivity contribution in [1.29, 1.82) is 0 Å². The number of rotatable bonds is 5. The smallest absolute Gasteiger partial charge is 0.147 e. The van der Waals surface area contributed by atoms with Gasteiger partial charge in [-0.05, 0) is 0 Å². The molecule has 2 aliphatic carbocycles. The van der Waals surface area contributed by atoms with Crippen LogP contribution in [0.2, 0.25) is 9.26 Å². The van der Waals surface area contributed by atoms with E-state index in [9.17, 15) is 0 Å². The zero-order valence-corrected chi connectivity index (χ0v) is 35.7. The van der Waals surface area contributed by atoms with Gasteiger partial charge in [0, 0.05) is 0 Å². The second kappa shape index (κ2) is 13.6. The van der Waals surface area contributed by atoms with Gasteiger partial charge in [-0.15, -0.1) is 24.8 Å². The zero-order valence-electron chi connectivity index (χ0n) is 30.2. The van der Waals surface area contributed by atoms with Gasteiger partial charge in [0.05, 0.1) is 0 Å². The molecule has 0 nitrogen and oxygen atoms in total. The molecule has 0 N–H and O–H groups in total. The van der Waals surface area contributed by atoms with Crippen molar-refractivity contribution in [2.75, 3.05) is 0 Å². The first-order chi connectivity index (χ1) is 24.2. The van der Waals surface area contributed by atoms with Gasteiger partial charge in [-0.2, -0.15) is 0 Å². The van der Waals surface area contributed by atoms with Crippen molar-refractivity contribution >= 4 is 71.0 Å². The van der Waals surface area contributed by atoms with Crippen molar-refractivity contribution in [3.05, 3.63) is 185 Å². The van der Waals surface area contributed by atoms with Crippen molar-refractivity contribution in [2.24, 2.45) is 0 Å². The predicted octanol–water partition coefficient (Wildman–Crippen LogP) is 13.6. The molecule has 7 aromatic carbocycles. The number of hydrogen-bond donors (Lipinski definition) is 0. The van der Waals surface area contributed by atoms with E-state index in [-0.39, 0.29) is 24.8 Å². The number of allylic oxidation sites excluding steroid dienone is 2. The Kier molecular flexibility index (Phi) is 9.54. The molecule has 0 aromatic heterocycles. The van der Waals surface area contributed by atoms with E-state index in [4.69, 9.17) is 0 Å². The van der Waals surface area contributed by atoms with Gasteiger partial charge in [0.2, 0.25) is 0 Å². The van der Waals surface area contributed by atoms with Gasteiger partial charge in [-0.3, -0.25) is 0 Å². The van der Waals surface area contributed by atoms with Crippen molar-refractivity contribution in [2.45, 2.75) is 30.4 Å². The topological polar surface area (TPSA) is 0 Å². The van der Waals surface area contributed by atoms with E-state index in [0.29, 0.717) is 7.25 Å². The van der Waals surface area contributed by atoms with Gasteiger partial charge in [-0.25, -0.2) is 0 Å². The van der Waals surface area contributed by atoms with E-state index in [1.165, 1.54) is 82.8 Å². The summed E-state index contributed by atoms with van der Waals surface area (Å²) in [5.41, 5.74) is 17.1. The Balaban J connectivity index is 0.00000210. The molecule has 0 spiro atoms. The zero-order chi connectivity index (χ0) is 34.2. The molecule has 9 rings (SSSR count). The second-order valence-electron chi connectivity index (χ2n) is 15.8. The first-order valence-electron chi connectivity index (χ1n) is 17.9. The molecular weight excluding hydrogens is 767 g/mol. The SMILES string of the molecule is CC1=Cc2c(-c3cccc4ccccc34)ccc(C)c2[CH]1[Zr]([CH3])([CH3])(=[SiH2])[CH]1C(c2cccc3ccccc23)=Cc2c(-c3ccccc3)cccc21.Cl.Cl. The molecule has 0 aliphatic heterocycles. The van der Waals surface area contributed by atoms with Crippen LogP contribution in [0, 0.1) is 6.92 Å². The molecule has 0 heterocycles. The first kappa shape index (κ1) is 36.6. The standard InChI is InChI=1S/C25H17.C21H17.2CH3.2ClH.H2Si.Zr/c1-2-8-18(9-3-1)23-14-7-12-20-16-21(17-25(20)23)24-15-6-11-19-10-4-5-13-22(19)24;1-14-12-20-15(2)10-11-19(21(20)13-14)18-9-5-7-16-6-3-4-8-17(16)18;;;;;;/h1-17H;3-13H,1-2H3;2*1H3;2*1H;1H2;. The van der Waals surface area contributed by atoms with Crippen LogP contribution in [0.5, 0.6) is 0 Å². The summed E-state index contributed by atoms with van der Waals surface area (Å²) in [6, 6.07) is 54.4. The monoisotopic (exact) mass is 808 g/mol. The molecule has 258 valence electrons. The Morgan fingerprint density at radius 1 is 0.481 bits per heavy atom. The van der Waals surface area contributed by atoms with Gasteiger partial charge >= 0.3 is 301 Å². The number of fused-ring (bicyclic) bond motifs is 4. The normalized spacial score (nSPS) is 16.4. The van der Waals surface area contributed by atoms with Crippen molar-refractivity contribution < 1.29 is 17.4 Å². The number of hydrogen-bond acceptors (Lipinski definition) is 0. The van der Waals surface area contributed by atoms with Crippen LogP contribution < -0.4 is 0 Å². The van der Waals surface area contributed by atoms with Gasteiger partial charge in [0.25, 0.3) is 0 Å². The molecule has 52 heavy (non-hydrogen) atoms. The van der Waals surface area contributed by atoms with Crippen LogP contribution in [0.4, 0.5) is 0 Å². The average molecular weight is 811 g/mol. The number of benzene rings is 7. The molecule has 4 heteroatoms. The summed E-state index contributed by atoms with van der Waals surface area (Å²) in [6.45, 7) is 7.24.